The maximum absolute atomic E-state index is 11.3. The molecule has 3 N–H and O–H groups in total. The van der Waals surface area contributed by atoms with Crippen LogP contribution in [-0.4, -0.2) is 16.9 Å². The molecule has 17 heavy (non-hydrogen) atoms. The first-order chi connectivity index (χ1) is 8.00. The van der Waals surface area contributed by atoms with Crippen molar-refractivity contribution < 1.29 is 4.79 Å². The van der Waals surface area contributed by atoms with Crippen molar-refractivity contribution in [1.82, 2.24) is 5.32 Å². The summed E-state index contributed by atoms with van der Waals surface area (Å²) in [6.07, 6.45) is 0.683. The van der Waals surface area contributed by atoms with Crippen molar-refractivity contribution in [3.63, 3.8) is 0 Å². The van der Waals surface area contributed by atoms with Gasteiger partial charge in [0.1, 0.15) is 11.0 Å². The van der Waals surface area contributed by atoms with Gasteiger partial charge in [-0.3, -0.25) is 4.79 Å². The molecule has 0 saturated carbocycles. The highest BCUT2D eigenvalue weighted by Crippen LogP contribution is 2.06. The Morgan fingerprint density at radius 3 is 2.41 bits per heavy atom. The number of nitrogens with one attached hydrogen (secondary N) is 1. The fraction of sp³-hybridized carbons (Fsp3) is 0.385. The monoisotopic (exact) mass is 250 g/mol. The Balaban J connectivity index is 2.68. The number of hydrogen-bond donors (Lipinski definition) is 2. The molecule has 1 aromatic rings. The van der Waals surface area contributed by atoms with E-state index in [2.05, 4.69) is 5.32 Å². The highest BCUT2D eigenvalue weighted by atomic mass is 32.1. The summed E-state index contributed by atoms with van der Waals surface area (Å²) in [5.74, 6) is 0.0237. The van der Waals surface area contributed by atoms with E-state index in [0.717, 1.165) is 5.56 Å². The normalized spacial score (nSPS) is 12.2. The largest absolute Gasteiger partial charge is 0.368 e. The van der Waals surface area contributed by atoms with E-state index in [1.54, 1.807) is 0 Å². The second-order valence-electron chi connectivity index (χ2n) is 4.42. The first-order valence-electron chi connectivity index (χ1n) is 5.66. The standard InChI is InChI=1S/C13H18N2OS/c1-9(2)8-11(12(14)16)15-13(17)10-6-4-3-5-7-10/h3-7,9,11H,8H2,1-2H3,(H2,14,16)(H,15,17). The first-order valence-corrected chi connectivity index (χ1v) is 6.06. The van der Waals surface area contributed by atoms with Crippen molar-refractivity contribution in [2.45, 2.75) is 26.3 Å². The van der Waals surface area contributed by atoms with Gasteiger partial charge < -0.3 is 11.1 Å². The summed E-state index contributed by atoms with van der Waals surface area (Å²) in [7, 11) is 0. The van der Waals surface area contributed by atoms with Crippen molar-refractivity contribution in [1.29, 1.82) is 0 Å². The molecule has 92 valence electrons. The van der Waals surface area contributed by atoms with Crippen LogP contribution in [0.3, 0.4) is 0 Å². The molecule has 0 bridgehead atoms. The number of carbonyl (C=O) groups excluding carboxylic acids is 1. The smallest absolute Gasteiger partial charge is 0.239 e. The maximum Gasteiger partial charge on any atom is 0.239 e. The van der Waals surface area contributed by atoms with Crippen LogP contribution >= 0.6 is 12.2 Å². The van der Waals surface area contributed by atoms with Crippen LogP contribution in [0.4, 0.5) is 0 Å². The number of amides is 1. The lowest BCUT2D eigenvalue weighted by atomic mass is 10.0. The number of hydrogen-bond acceptors (Lipinski definition) is 2. The fourth-order valence-corrected chi connectivity index (χ4v) is 1.83. The summed E-state index contributed by atoms with van der Waals surface area (Å²) < 4.78 is 0. The van der Waals surface area contributed by atoms with Crippen molar-refractivity contribution in [3.8, 4) is 0 Å². The molecule has 0 aromatic heterocycles. The maximum atomic E-state index is 11.3. The lowest BCUT2D eigenvalue weighted by molar-refractivity contribution is -0.120. The molecule has 0 aliphatic carbocycles. The minimum atomic E-state index is -0.400. The van der Waals surface area contributed by atoms with E-state index in [4.69, 9.17) is 18.0 Å². The van der Waals surface area contributed by atoms with Gasteiger partial charge in [-0.25, -0.2) is 0 Å². The Bertz CT molecular complexity index is 390. The molecule has 0 aliphatic heterocycles. The van der Waals surface area contributed by atoms with Gasteiger partial charge >= 0.3 is 0 Å². The molecule has 0 aliphatic rings. The molecule has 1 rings (SSSR count). The third-order valence-corrected chi connectivity index (χ3v) is 2.75. The van der Waals surface area contributed by atoms with Crippen molar-refractivity contribution in [3.05, 3.63) is 35.9 Å². The predicted molar refractivity (Wildman–Crippen MR) is 73.7 cm³/mol. The lowest BCUT2D eigenvalue weighted by Crippen LogP contribution is -2.44. The van der Waals surface area contributed by atoms with Crippen LogP contribution in [0.2, 0.25) is 0 Å². The van der Waals surface area contributed by atoms with Gasteiger partial charge in [-0.2, -0.15) is 0 Å². The summed E-state index contributed by atoms with van der Waals surface area (Å²) in [6, 6.07) is 9.15. The van der Waals surface area contributed by atoms with Crippen molar-refractivity contribution in [2.75, 3.05) is 0 Å². The zero-order valence-electron chi connectivity index (χ0n) is 10.1. The van der Waals surface area contributed by atoms with Gasteiger partial charge in [-0.15, -0.1) is 0 Å². The SMILES string of the molecule is CC(C)CC(NC(=S)c1ccccc1)C(N)=O. The zero-order valence-corrected chi connectivity index (χ0v) is 11.0. The predicted octanol–water partition coefficient (Wildman–Crippen LogP) is 1.85. The first kappa shape index (κ1) is 13.6. The third-order valence-electron chi connectivity index (χ3n) is 2.39. The van der Waals surface area contributed by atoms with Gasteiger partial charge in [0.05, 0.1) is 0 Å². The number of benzene rings is 1. The number of rotatable bonds is 5. The Kier molecular flexibility index (Phi) is 5.10. The van der Waals surface area contributed by atoms with Gasteiger partial charge in [0.25, 0.3) is 0 Å². The van der Waals surface area contributed by atoms with Crippen molar-refractivity contribution in [2.24, 2.45) is 11.7 Å². The molecule has 0 spiro atoms. The Morgan fingerprint density at radius 2 is 1.94 bits per heavy atom. The molecular formula is C13H18N2OS. The Morgan fingerprint density at radius 1 is 1.35 bits per heavy atom. The van der Waals surface area contributed by atoms with Crippen LogP contribution in [0.15, 0.2) is 30.3 Å². The molecular weight excluding hydrogens is 232 g/mol. The number of primary amides is 1. The summed E-state index contributed by atoms with van der Waals surface area (Å²) in [4.78, 5) is 11.9. The number of carbonyl (C=O) groups is 1. The minimum absolute atomic E-state index is 0.364. The molecule has 4 heteroatoms. The molecule has 1 unspecified atom stereocenters. The summed E-state index contributed by atoms with van der Waals surface area (Å²) in [5.41, 5.74) is 6.25. The van der Waals surface area contributed by atoms with Crippen LogP contribution in [-0.2, 0) is 4.79 Å². The van der Waals surface area contributed by atoms with Crippen LogP contribution in [0, 0.1) is 5.92 Å². The molecule has 0 fully saturated rings. The summed E-state index contributed by atoms with van der Waals surface area (Å²) >= 11 is 5.25. The minimum Gasteiger partial charge on any atom is -0.368 e. The second-order valence-corrected chi connectivity index (χ2v) is 4.83. The van der Waals surface area contributed by atoms with E-state index < -0.39 is 6.04 Å². The number of nitrogens with two attached hydrogens (primary N) is 1. The van der Waals surface area contributed by atoms with Crippen LogP contribution in [0.1, 0.15) is 25.8 Å². The van der Waals surface area contributed by atoms with Gasteiger partial charge in [-0.05, 0) is 12.3 Å². The van der Waals surface area contributed by atoms with E-state index in [-0.39, 0.29) is 5.91 Å². The average molecular weight is 250 g/mol. The topological polar surface area (TPSA) is 55.1 Å². The molecule has 1 aromatic carbocycles. The summed E-state index contributed by atoms with van der Waals surface area (Å²) in [5, 5.41) is 3.02. The van der Waals surface area contributed by atoms with E-state index in [0.29, 0.717) is 17.3 Å². The lowest BCUT2D eigenvalue weighted by Gasteiger charge is -2.19. The van der Waals surface area contributed by atoms with Crippen LogP contribution in [0.5, 0.6) is 0 Å². The highest BCUT2D eigenvalue weighted by molar-refractivity contribution is 7.80. The zero-order chi connectivity index (χ0) is 12.8. The quantitative estimate of drug-likeness (QED) is 0.784. The van der Waals surface area contributed by atoms with Gasteiger partial charge in [0.15, 0.2) is 0 Å². The van der Waals surface area contributed by atoms with Gasteiger partial charge in [0, 0.05) is 5.56 Å². The highest BCUT2D eigenvalue weighted by Gasteiger charge is 2.17. The van der Waals surface area contributed by atoms with E-state index in [9.17, 15) is 4.79 Å². The summed E-state index contributed by atoms with van der Waals surface area (Å²) in [6.45, 7) is 4.09. The van der Waals surface area contributed by atoms with Crippen LogP contribution < -0.4 is 11.1 Å². The Labute approximate surface area is 107 Å². The second kappa shape index (κ2) is 6.35. The number of thiocarbonyl (C=S) groups is 1. The van der Waals surface area contributed by atoms with E-state index >= 15 is 0 Å². The average Bonchev–Trinajstić information content (AvgIpc) is 2.28. The molecule has 1 atom stereocenters. The molecule has 0 heterocycles. The molecule has 0 radical (unpaired) electrons. The van der Waals surface area contributed by atoms with Crippen molar-refractivity contribution >= 4 is 23.1 Å². The van der Waals surface area contributed by atoms with Crippen LogP contribution in [0.25, 0.3) is 0 Å². The van der Waals surface area contributed by atoms with Gasteiger partial charge in [-0.1, -0.05) is 56.4 Å². The third kappa shape index (κ3) is 4.53. The molecule has 1 amide bonds. The molecule has 3 nitrogen and oxygen atoms in total. The van der Waals surface area contributed by atoms with E-state index in [1.807, 2.05) is 44.2 Å². The van der Waals surface area contributed by atoms with E-state index in [1.165, 1.54) is 0 Å². The van der Waals surface area contributed by atoms with Gasteiger partial charge in [0.2, 0.25) is 5.91 Å². The molecule has 0 saturated heterocycles. The fourth-order valence-electron chi connectivity index (χ4n) is 1.55. The Hall–Kier alpha value is -1.42.